The van der Waals surface area contributed by atoms with Crippen LogP contribution in [0.4, 0.5) is 0 Å². The van der Waals surface area contributed by atoms with Crippen molar-refractivity contribution in [3.63, 3.8) is 0 Å². The number of quaternary nitrogens is 1. The van der Waals surface area contributed by atoms with Crippen LogP contribution < -0.4 is 10.2 Å². The number of carbonyl (C=O) groups excluding carboxylic acids is 2. The maximum absolute atomic E-state index is 13.6. The normalized spacial score (nSPS) is 14.3. The van der Waals surface area contributed by atoms with E-state index in [1.165, 1.54) is 96.3 Å². The molecule has 0 saturated carbocycles. The first-order valence-corrected chi connectivity index (χ1v) is 38.1. The minimum absolute atomic E-state index is 0.0328. The van der Waals surface area contributed by atoms with Gasteiger partial charge in [-0.15, -0.1) is 0 Å². The Morgan fingerprint density at radius 2 is 0.711 bits per heavy atom. The molecule has 1 amide bonds. The number of phosphoric acid groups is 1. The van der Waals surface area contributed by atoms with E-state index in [0.29, 0.717) is 23.9 Å². The van der Waals surface area contributed by atoms with E-state index in [2.05, 4.69) is 160 Å². The van der Waals surface area contributed by atoms with E-state index >= 15 is 0 Å². The van der Waals surface area contributed by atoms with E-state index in [4.69, 9.17) is 13.8 Å². The first kappa shape index (κ1) is 85.9. The van der Waals surface area contributed by atoms with Gasteiger partial charge in [0.2, 0.25) is 5.91 Å². The lowest BCUT2D eigenvalue weighted by Gasteiger charge is -2.30. The van der Waals surface area contributed by atoms with Crippen molar-refractivity contribution in [2.24, 2.45) is 0 Å². The first-order chi connectivity index (χ1) is 43.9. The number of allylic oxidation sites excluding steroid dienone is 23. The molecular weight excluding hydrogens is 1130 g/mol. The van der Waals surface area contributed by atoms with Crippen LogP contribution in [-0.2, 0) is 27.9 Å². The number of likely N-dealkylation sites (N-methyl/N-ethyl adjacent to an activating group) is 1. The Morgan fingerprint density at radius 3 is 1.07 bits per heavy atom. The summed E-state index contributed by atoms with van der Waals surface area (Å²) in [5.41, 5.74) is 0. The number of hydrogen-bond acceptors (Lipinski definition) is 7. The van der Waals surface area contributed by atoms with Gasteiger partial charge in [-0.1, -0.05) is 302 Å². The fraction of sp³-hybridized carbons (Fsp3) is 0.675. The van der Waals surface area contributed by atoms with Gasteiger partial charge in [-0.3, -0.25) is 14.2 Å². The highest BCUT2D eigenvalue weighted by atomic mass is 31.2. The van der Waals surface area contributed by atoms with Gasteiger partial charge in [0.1, 0.15) is 19.3 Å². The average Bonchev–Trinajstić information content (AvgIpc) is 3.11. The molecule has 9 nitrogen and oxygen atoms in total. The van der Waals surface area contributed by atoms with Crippen molar-refractivity contribution in [3.8, 4) is 0 Å². The van der Waals surface area contributed by atoms with Gasteiger partial charge in [0.15, 0.2) is 0 Å². The zero-order valence-electron chi connectivity index (χ0n) is 58.8. The number of rotatable bonds is 65. The van der Waals surface area contributed by atoms with Gasteiger partial charge in [0.05, 0.1) is 33.8 Å². The quantitative estimate of drug-likeness (QED) is 0.0212. The second-order valence-electron chi connectivity index (χ2n) is 25.3. The van der Waals surface area contributed by atoms with Crippen molar-refractivity contribution >= 4 is 19.7 Å². The molecule has 10 heteroatoms. The second-order valence-corrected chi connectivity index (χ2v) is 26.7. The topological polar surface area (TPSA) is 114 Å². The molecule has 0 aromatic rings. The standard InChI is InChI=1S/C80H137N2O7P/c1-7-10-13-16-19-22-25-28-30-32-34-36-38-40-41-43-44-46-48-50-52-54-57-60-63-66-69-72-79(83)81-77(76-88-90(85,86)87-75-74-82(4,5)6)78(71-68-65-62-59-56-27-24-21-18-15-12-9-3)89-80(84)73-70-67-64-61-58-55-53-51-49-47-45-42-39-37-35-33-31-29-26-23-20-17-14-11-8-2/h10-11,13-14,19-20,22-23,28-31,34-37,40-42,45,49,51,68,71,77-78H,7-9,12,15-18,21,24-27,32-33,38-39,43-44,46-48,50,52-67,69-70,72-76H2,1-6H3,(H-,81,83,85,86)/b13-10-,14-11-,22-19-,23-20-,30-28-,31-29-,36-34-,37-35-,41-40-,45-42-,51-49-,71-68+. The Kier molecular flexibility index (Phi) is 64.7. The summed E-state index contributed by atoms with van der Waals surface area (Å²) in [4.78, 5) is 40.3. The zero-order valence-corrected chi connectivity index (χ0v) is 59.7. The number of carbonyl (C=O) groups is 2. The number of nitrogens with one attached hydrogen (secondary N) is 1. The molecule has 1 N–H and O–H groups in total. The van der Waals surface area contributed by atoms with Gasteiger partial charge in [-0.2, -0.15) is 0 Å². The van der Waals surface area contributed by atoms with E-state index in [-0.39, 0.29) is 24.9 Å². The van der Waals surface area contributed by atoms with E-state index in [9.17, 15) is 19.0 Å². The fourth-order valence-corrected chi connectivity index (χ4v) is 10.7. The molecule has 0 aromatic carbocycles. The maximum Gasteiger partial charge on any atom is 0.306 e. The van der Waals surface area contributed by atoms with Crippen LogP contribution in [-0.4, -0.2) is 69.4 Å². The van der Waals surface area contributed by atoms with Crippen LogP contribution in [0.3, 0.4) is 0 Å². The molecule has 0 aliphatic rings. The number of hydrogen-bond donors (Lipinski definition) is 1. The van der Waals surface area contributed by atoms with E-state index in [1.807, 2.05) is 33.3 Å². The monoisotopic (exact) mass is 1270 g/mol. The van der Waals surface area contributed by atoms with Crippen LogP contribution >= 0.6 is 7.82 Å². The first-order valence-electron chi connectivity index (χ1n) is 36.6. The number of esters is 1. The predicted molar refractivity (Wildman–Crippen MR) is 389 cm³/mol. The number of nitrogens with zero attached hydrogens (tertiary/aromatic N) is 1. The van der Waals surface area contributed by atoms with Crippen molar-refractivity contribution in [3.05, 3.63) is 146 Å². The Morgan fingerprint density at radius 1 is 0.400 bits per heavy atom. The second kappa shape index (κ2) is 67.8. The average molecular weight is 1270 g/mol. The number of phosphoric ester groups is 1. The highest BCUT2D eigenvalue weighted by Gasteiger charge is 2.27. The van der Waals surface area contributed by atoms with Crippen molar-refractivity contribution in [1.29, 1.82) is 0 Å². The fourth-order valence-electron chi connectivity index (χ4n) is 9.96. The molecule has 90 heavy (non-hydrogen) atoms. The van der Waals surface area contributed by atoms with Crippen molar-refractivity contribution in [2.45, 2.75) is 309 Å². The maximum atomic E-state index is 13.6. The Bertz CT molecular complexity index is 2050. The molecule has 0 heterocycles. The molecule has 0 aromatic heterocycles. The van der Waals surface area contributed by atoms with Crippen LogP contribution in [0.5, 0.6) is 0 Å². The summed E-state index contributed by atoms with van der Waals surface area (Å²) in [6.45, 7) is 6.61. The highest BCUT2D eigenvalue weighted by Crippen LogP contribution is 2.38. The van der Waals surface area contributed by atoms with Gasteiger partial charge in [0.25, 0.3) is 7.82 Å². The molecule has 0 fully saturated rings. The smallest absolute Gasteiger partial charge is 0.306 e. The third kappa shape index (κ3) is 68.3. The van der Waals surface area contributed by atoms with Crippen LogP contribution in [0.15, 0.2) is 146 Å². The molecule has 0 aliphatic heterocycles. The summed E-state index contributed by atoms with van der Waals surface area (Å²) >= 11 is 0. The minimum Gasteiger partial charge on any atom is -0.756 e. The summed E-state index contributed by atoms with van der Waals surface area (Å²) in [6, 6.07) is -0.908. The van der Waals surface area contributed by atoms with E-state index < -0.39 is 26.6 Å². The lowest BCUT2D eigenvalue weighted by Crippen LogP contribution is -2.47. The Balaban J connectivity index is 5.09. The highest BCUT2D eigenvalue weighted by molar-refractivity contribution is 7.45. The molecule has 0 radical (unpaired) electrons. The largest absolute Gasteiger partial charge is 0.756 e. The molecule has 0 rings (SSSR count). The summed E-state index contributed by atoms with van der Waals surface area (Å²) in [5, 5.41) is 3.04. The van der Waals surface area contributed by atoms with Crippen molar-refractivity contribution in [1.82, 2.24) is 5.32 Å². The van der Waals surface area contributed by atoms with Crippen LogP contribution in [0.1, 0.15) is 297 Å². The number of ether oxygens (including phenoxy) is 1. The molecule has 0 spiro atoms. The molecular formula is C80H137N2O7P. The lowest BCUT2D eigenvalue weighted by atomic mass is 10.0. The van der Waals surface area contributed by atoms with Gasteiger partial charge in [-0.25, -0.2) is 0 Å². The van der Waals surface area contributed by atoms with Gasteiger partial charge in [0, 0.05) is 12.8 Å². The molecule has 3 unspecified atom stereocenters. The van der Waals surface area contributed by atoms with E-state index in [0.717, 1.165) is 161 Å². The predicted octanol–water partition coefficient (Wildman–Crippen LogP) is 23.1. The molecule has 0 aliphatic carbocycles. The van der Waals surface area contributed by atoms with Gasteiger partial charge >= 0.3 is 5.97 Å². The van der Waals surface area contributed by atoms with Gasteiger partial charge < -0.3 is 28.5 Å². The van der Waals surface area contributed by atoms with Gasteiger partial charge in [-0.05, 0) is 128 Å². The molecule has 0 saturated heterocycles. The SMILES string of the molecule is CC/C=C\C/C=C\C/C=C\C/C=C\C/C=C\C/C=C\CCCCCCCCC(=O)OC(/C=C/CCCCCCCCCCCC)C(COP(=O)([O-])OCC[N+](C)(C)C)NC(=O)CCCCCCCCCCCCC/C=C\C/C=C\C/C=C\C/C=C\C/C=C\CC. The zero-order chi connectivity index (χ0) is 65.6. The molecule has 3 atom stereocenters. The summed E-state index contributed by atoms with van der Waals surface area (Å²) in [6.07, 6.45) is 98.3. The van der Waals surface area contributed by atoms with Crippen LogP contribution in [0.25, 0.3) is 0 Å². The van der Waals surface area contributed by atoms with Crippen LogP contribution in [0.2, 0.25) is 0 Å². The molecule has 514 valence electrons. The van der Waals surface area contributed by atoms with Crippen LogP contribution in [0, 0.1) is 0 Å². The molecule has 0 bridgehead atoms. The number of unbranched alkanes of at least 4 members (excludes halogenated alkanes) is 27. The van der Waals surface area contributed by atoms with E-state index in [1.54, 1.807) is 0 Å². The lowest BCUT2D eigenvalue weighted by molar-refractivity contribution is -0.870. The van der Waals surface area contributed by atoms with Crippen molar-refractivity contribution in [2.75, 3.05) is 40.9 Å². The Labute approximate surface area is 555 Å². The third-order valence-electron chi connectivity index (χ3n) is 15.5. The Hall–Kier alpha value is -4.11. The minimum atomic E-state index is -4.72. The summed E-state index contributed by atoms with van der Waals surface area (Å²) in [5.74, 6) is -0.566. The van der Waals surface area contributed by atoms with Crippen molar-refractivity contribution < 1.29 is 37.3 Å². The summed E-state index contributed by atoms with van der Waals surface area (Å²) in [7, 11) is 1.16. The summed E-state index contributed by atoms with van der Waals surface area (Å²) < 4.78 is 30.5. The number of amides is 1. The third-order valence-corrected chi connectivity index (χ3v) is 16.5.